The summed E-state index contributed by atoms with van der Waals surface area (Å²) in [6, 6.07) is 1.61. The quantitative estimate of drug-likeness (QED) is 0.303. The molecule has 1 aliphatic heterocycles. The Kier molecular flexibility index (Phi) is 5.13. The zero-order chi connectivity index (χ0) is 21.8. The van der Waals surface area contributed by atoms with Crippen LogP contribution >= 0.6 is 34.8 Å². The molecule has 2 heterocycles. The first kappa shape index (κ1) is 21.2. The van der Waals surface area contributed by atoms with Crippen LogP contribution in [0.5, 0.6) is 0 Å². The number of nitriles is 1. The Bertz CT molecular complexity index is 1060. The fourth-order valence-corrected chi connectivity index (χ4v) is 4.96. The highest BCUT2D eigenvalue weighted by Crippen LogP contribution is 2.48. The van der Waals surface area contributed by atoms with E-state index in [9.17, 15) is 22.4 Å². The van der Waals surface area contributed by atoms with Gasteiger partial charge in [-0.2, -0.15) is 18.4 Å². The molecule has 1 aromatic rings. The van der Waals surface area contributed by atoms with E-state index in [0.29, 0.717) is 22.5 Å². The molecule has 2 fully saturated rings. The normalized spacial score (nSPS) is 23.3. The van der Waals surface area contributed by atoms with Crippen LogP contribution in [0.1, 0.15) is 36.9 Å². The van der Waals surface area contributed by atoms with Gasteiger partial charge in [-0.05, 0) is 66.2 Å². The van der Waals surface area contributed by atoms with E-state index >= 15 is 0 Å². The van der Waals surface area contributed by atoms with Gasteiger partial charge in [-0.25, -0.2) is 9.37 Å². The Morgan fingerprint density at radius 3 is 2.60 bits per heavy atom. The molecule has 3 aliphatic rings. The summed E-state index contributed by atoms with van der Waals surface area (Å²) < 4.78 is 54.9. The standard InChI is InChI=1S/C19H13F4IN4OS/c20-13-7-10(2-3-14(13)24)28-17(30)27(16(29)18(28)4-1-5-18)11-6-12(19(21,22)23)15(8-25)26-9-11/h2-3,6,9-10H,1,4-5,7H2. The number of hydrogen-bond acceptors (Lipinski definition) is 4. The number of carbonyl (C=O) groups excluding carboxylic acids is 1. The third kappa shape index (κ3) is 3.11. The summed E-state index contributed by atoms with van der Waals surface area (Å²) in [5.41, 5.74) is -3.17. The molecular weight excluding hydrogens is 535 g/mol. The Morgan fingerprint density at radius 2 is 2.07 bits per heavy atom. The second-order valence-corrected chi connectivity index (χ2v) is 8.79. The minimum atomic E-state index is -4.82. The summed E-state index contributed by atoms with van der Waals surface area (Å²) in [6.45, 7) is 0. The Labute approximate surface area is 188 Å². The highest BCUT2D eigenvalue weighted by Gasteiger charge is 2.60. The molecule has 1 saturated carbocycles. The van der Waals surface area contributed by atoms with Crippen molar-refractivity contribution >= 4 is 51.5 Å². The molecule has 1 amide bonds. The van der Waals surface area contributed by atoms with Gasteiger partial charge in [-0.15, -0.1) is 0 Å². The number of pyridine rings is 1. The van der Waals surface area contributed by atoms with E-state index in [1.165, 1.54) is 6.07 Å². The predicted octanol–water partition coefficient (Wildman–Crippen LogP) is 4.77. The number of amides is 1. The van der Waals surface area contributed by atoms with Gasteiger partial charge in [-0.3, -0.25) is 9.69 Å². The van der Waals surface area contributed by atoms with Gasteiger partial charge in [0.15, 0.2) is 10.8 Å². The van der Waals surface area contributed by atoms with Crippen LogP contribution in [0.3, 0.4) is 0 Å². The van der Waals surface area contributed by atoms with Gasteiger partial charge in [0.25, 0.3) is 5.91 Å². The third-order valence-electron chi connectivity index (χ3n) is 5.63. The van der Waals surface area contributed by atoms with Crippen molar-refractivity contribution in [1.82, 2.24) is 9.88 Å². The molecule has 1 spiro atoms. The van der Waals surface area contributed by atoms with E-state index in [2.05, 4.69) is 4.98 Å². The first-order chi connectivity index (χ1) is 14.1. The first-order valence-corrected chi connectivity index (χ1v) is 10.5. The lowest BCUT2D eigenvalue weighted by molar-refractivity contribution is -0.138. The Morgan fingerprint density at radius 1 is 1.37 bits per heavy atom. The van der Waals surface area contributed by atoms with Crippen molar-refractivity contribution in [2.45, 2.75) is 43.4 Å². The van der Waals surface area contributed by atoms with Gasteiger partial charge in [0.2, 0.25) is 0 Å². The van der Waals surface area contributed by atoms with Gasteiger partial charge in [-0.1, -0.05) is 6.08 Å². The highest BCUT2D eigenvalue weighted by molar-refractivity contribution is 14.1. The largest absolute Gasteiger partial charge is 0.419 e. The zero-order valence-electron chi connectivity index (χ0n) is 15.2. The van der Waals surface area contributed by atoms with Gasteiger partial charge in [0.1, 0.15) is 17.4 Å². The monoisotopic (exact) mass is 548 g/mol. The molecule has 156 valence electrons. The van der Waals surface area contributed by atoms with Gasteiger partial charge < -0.3 is 4.90 Å². The van der Waals surface area contributed by atoms with Crippen LogP contribution < -0.4 is 4.90 Å². The fourth-order valence-electron chi connectivity index (χ4n) is 4.04. The summed E-state index contributed by atoms with van der Waals surface area (Å²) in [4.78, 5) is 19.6. The minimum Gasteiger partial charge on any atom is -0.327 e. The van der Waals surface area contributed by atoms with Crippen LogP contribution in [-0.2, 0) is 11.0 Å². The van der Waals surface area contributed by atoms with Crippen molar-refractivity contribution in [3.8, 4) is 6.07 Å². The average molecular weight is 548 g/mol. The number of alkyl halides is 3. The van der Waals surface area contributed by atoms with E-state index in [-0.39, 0.29) is 23.0 Å². The zero-order valence-corrected chi connectivity index (χ0v) is 18.2. The number of carbonyl (C=O) groups is 1. The number of halogens is 5. The van der Waals surface area contributed by atoms with E-state index in [4.69, 9.17) is 17.5 Å². The van der Waals surface area contributed by atoms with Gasteiger partial charge in [0, 0.05) is 10.0 Å². The van der Waals surface area contributed by atoms with Crippen molar-refractivity contribution in [3.63, 3.8) is 0 Å². The number of allylic oxidation sites excluding steroid dienone is 2. The molecule has 11 heteroatoms. The smallest absolute Gasteiger partial charge is 0.327 e. The molecule has 2 aliphatic carbocycles. The van der Waals surface area contributed by atoms with Crippen molar-refractivity contribution in [2.24, 2.45) is 0 Å². The van der Waals surface area contributed by atoms with Gasteiger partial charge in [0.05, 0.1) is 23.5 Å². The number of aromatic nitrogens is 1. The van der Waals surface area contributed by atoms with Crippen molar-refractivity contribution in [2.75, 3.05) is 4.90 Å². The summed E-state index contributed by atoms with van der Waals surface area (Å²) in [5, 5.41) is 8.97. The van der Waals surface area contributed by atoms with E-state index in [1.54, 1.807) is 17.1 Å². The van der Waals surface area contributed by atoms with Crippen LogP contribution in [0.25, 0.3) is 0 Å². The molecule has 4 rings (SSSR count). The van der Waals surface area contributed by atoms with Crippen LogP contribution in [0.4, 0.5) is 23.2 Å². The molecule has 0 aromatic carbocycles. The SMILES string of the molecule is N#Cc1ncc(N2C(=O)C3(CCC3)N(C3C=CC(I)=C(F)C3)C2=S)cc1C(F)(F)F. The summed E-state index contributed by atoms with van der Waals surface area (Å²) in [7, 11) is 0. The summed E-state index contributed by atoms with van der Waals surface area (Å²) >= 11 is 7.38. The molecule has 1 atom stereocenters. The molecular formula is C19H13F4IN4OS. The second kappa shape index (κ2) is 7.26. The predicted molar refractivity (Wildman–Crippen MR) is 112 cm³/mol. The molecule has 0 N–H and O–H groups in total. The van der Waals surface area contributed by atoms with E-state index < -0.39 is 34.9 Å². The number of rotatable bonds is 2. The van der Waals surface area contributed by atoms with E-state index in [1.807, 2.05) is 22.6 Å². The van der Waals surface area contributed by atoms with Crippen molar-refractivity contribution in [1.29, 1.82) is 5.26 Å². The molecule has 1 saturated heterocycles. The molecule has 0 radical (unpaired) electrons. The average Bonchev–Trinajstić information content (AvgIpc) is 2.90. The summed E-state index contributed by atoms with van der Waals surface area (Å²) in [5.74, 6) is -0.776. The fraction of sp³-hybridized carbons (Fsp3) is 0.368. The first-order valence-electron chi connectivity index (χ1n) is 8.98. The number of hydrogen-bond donors (Lipinski definition) is 0. The lowest BCUT2D eigenvalue weighted by atomic mass is 9.74. The number of thiocarbonyl (C=S) groups is 1. The summed E-state index contributed by atoms with van der Waals surface area (Å²) in [6.07, 6.45) is 1.32. The molecule has 30 heavy (non-hydrogen) atoms. The molecule has 1 aromatic heterocycles. The Hall–Kier alpha value is -2.07. The number of anilines is 1. The molecule has 5 nitrogen and oxygen atoms in total. The maximum atomic E-state index is 14.3. The van der Waals surface area contributed by atoms with Crippen LogP contribution in [-0.4, -0.2) is 32.5 Å². The van der Waals surface area contributed by atoms with Crippen LogP contribution in [0.2, 0.25) is 0 Å². The molecule has 1 unspecified atom stereocenters. The number of nitrogens with zero attached hydrogens (tertiary/aromatic N) is 4. The molecule has 0 bridgehead atoms. The Balaban J connectivity index is 1.77. The minimum absolute atomic E-state index is 0.0127. The van der Waals surface area contributed by atoms with Crippen LogP contribution in [0.15, 0.2) is 33.8 Å². The lowest BCUT2D eigenvalue weighted by Gasteiger charge is -2.46. The second-order valence-electron chi connectivity index (χ2n) is 7.26. The van der Waals surface area contributed by atoms with E-state index in [0.717, 1.165) is 17.5 Å². The van der Waals surface area contributed by atoms with Crippen molar-refractivity contribution in [3.05, 3.63) is 45.1 Å². The topological polar surface area (TPSA) is 60.2 Å². The highest BCUT2D eigenvalue weighted by atomic mass is 127. The lowest BCUT2D eigenvalue weighted by Crippen LogP contribution is -2.58. The van der Waals surface area contributed by atoms with Crippen molar-refractivity contribution < 1.29 is 22.4 Å². The maximum Gasteiger partial charge on any atom is 0.419 e. The maximum absolute atomic E-state index is 14.3. The third-order valence-corrected chi connectivity index (χ3v) is 6.95. The van der Waals surface area contributed by atoms with Crippen LogP contribution in [0, 0.1) is 11.3 Å². The van der Waals surface area contributed by atoms with Gasteiger partial charge >= 0.3 is 6.18 Å².